The van der Waals surface area contributed by atoms with E-state index in [1.54, 1.807) is 26.2 Å². The van der Waals surface area contributed by atoms with Gasteiger partial charge < -0.3 is 24.6 Å². The Hall–Kier alpha value is -1.71. The summed E-state index contributed by atoms with van der Waals surface area (Å²) in [6.45, 7) is 16.1. The lowest BCUT2D eigenvalue weighted by atomic mass is 9.90. The molecule has 0 aromatic carbocycles. The fourth-order valence-electron chi connectivity index (χ4n) is 6.31. The number of nitrogens with zero attached hydrogens (tertiary/aromatic N) is 3. The largest absolute Gasteiger partial charge is 0.379 e. The van der Waals surface area contributed by atoms with E-state index in [9.17, 15) is 14.4 Å². The number of likely N-dealkylation sites (N-methyl/N-ethyl adjacent to an activating group) is 2. The number of nitrogens with one attached hydrogen (secondary N) is 1. The van der Waals surface area contributed by atoms with Crippen LogP contribution in [0.4, 0.5) is 0 Å². The lowest BCUT2D eigenvalue weighted by Crippen LogP contribution is -2.55. The average molecular weight is 569 g/mol. The van der Waals surface area contributed by atoms with Gasteiger partial charge in [-0.2, -0.15) is 0 Å². The summed E-state index contributed by atoms with van der Waals surface area (Å²) in [4.78, 5) is 45.8. The highest BCUT2D eigenvalue weighted by Crippen LogP contribution is 2.28. The normalized spacial score (nSPS) is 19.6. The summed E-state index contributed by atoms with van der Waals surface area (Å²) in [5.74, 6) is 0.235. The molecule has 40 heavy (non-hydrogen) atoms. The van der Waals surface area contributed by atoms with Crippen LogP contribution in [-0.2, 0) is 23.9 Å². The molecule has 1 heterocycles. The Labute approximate surface area is 244 Å². The summed E-state index contributed by atoms with van der Waals surface area (Å²) in [7, 11) is 7.05. The van der Waals surface area contributed by atoms with E-state index >= 15 is 0 Å². The molecule has 3 amide bonds. The monoisotopic (exact) mass is 568 g/mol. The van der Waals surface area contributed by atoms with E-state index in [2.05, 4.69) is 44.8 Å². The van der Waals surface area contributed by atoms with Gasteiger partial charge in [0, 0.05) is 27.8 Å². The van der Waals surface area contributed by atoms with E-state index in [4.69, 9.17) is 9.47 Å². The zero-order valence-corrected chi connectivity index (χ0v) is 27.4. The summed E-state index contributed by atoms with van der Waals surface area (Å²) in [6.07, 6.45) is 4.51. The van der Waals surface area contributed by atoms with Crippen LogP contribution in [0.5, 0.6) is 0 Å². The number of likely N-dealkylation sites (tertiary alicyclic amines) is 1. The van der Waals surface area contributed by atoms with Crippen LogP contribution in [0.2, 0.25) is 0 Å². The van der Waals surface area contributed by atoms with Crippen LogP contribution in [-0.4, -0.2) is 111 Å². The molecule has 1 fully saturated rings. The molecule has 0 radical (unpaired) electrons. The van der Waals surface area contributed by atoms with Crippen molar-refractivity contribution < 1.29 is 23.9 Å². The van der Waals surface area contributed by atoms with Crippen LogP contribution in [0.3, 0.4) is 0 Å². The van der Waals surface area contributed by atoms with Crippen molar-refractivity contribution >= 4 is 17.7 Å². The molecule has 0 saturated carbocycles. The summed E-state index contributed by atoms with van der Waals surface area (Å²) < 4.78 is 11.7. The third kappa shape index (κ3) is 9.98. The Morgan fingerprint density at radius 1 is 1.00 bits per heavy atom. The van der Waals surface area contributed by atoms with Crippen molar-refractivity contribution in [1.82, 2.24) is 20.0 Å². The van der Waals surface area contributed by atoms with Crippen LogP contribution in [0.1, 0.15) is 87.0 Å². The Bertz CT molecular complexity index is 777. The van der Waals surface area contributed by atoms with Gasteiger partial charge in [-0.05, 0) is 50.6 Å². The Morgan fingerprint density at radius 3 is 2.15 bits per heavy atom. The Balaban J connectivity index is 2.99. The minimum Gasteiger partial charge on any atom is -0.379 e. The van der Waals surface area contributed by atoms with Gasteiger partial charge in [-0.1, -0.05) is 61.3 Å². The molecule has 0 aliphatic carbocycles. The van der Waals surface area contributed by atoms with Crippen molar-refractivity contribution in [3.63, 3.8) is 0 Å². The van der Waals surface area contributed by atoms with Gasteiger partial charge >= 0.3 is 0 Å². The maximum atomic E-state index is 13.6. The molecule has 1 rings (SSSR count). The predicted molar refractivity (Wildman–Crippen MR) is 161 cm³/mol. The molecule has 1 N–H and O–H groups in total. The highest BCUT2D eigenvalue weighted by Gasteiger charge is 2.40. The molecule has 6 unspecified atom stereocenters. The maximum absolute atomic E-state index is 13.6. The summed E-state index contributed by atoms with van der Waals surface area (Å²) >= 11 is 0. The zero-order valence-electron chi connectivity index (χ0n) is 27.4. The molecule has 1 aliphatic rings. The van der Waals surface area contributed by atoms with Crippen molar-refractivity contribution in [1.29, 1.82) is 0 Å². The molecular weight excluding hydrogens is 508 g/mol. The highest BCUT2D eigenvalue weighted by atomic mass is 16.5. The van der Waals surface area contributed by atoms with Gasteiger partial charge in [-0.3, -0.25) is 19.3 Å². The smallest absolute Gasteiger partial charge is 0.242 e. The second-order valence-corrected chi connectivity index (χ2v) is 12.3. The van der Waals surface area contributed by atoms with Crippen molar-refractivity contribution in [2.75, 3.05) is 47.9 Å². The van der Waals surface area contributed by atoms with Crippen molar-refractivity contribution in [3.8, 4) is 0 Å². The predicted octanol–water partition coefficient (Wildman–Crippen LogP) is 3.80. The molecular formula is C31H60N4O5. The Kier molecular flexibility index (Phi) is 16.3. The van der Waals surface area contributed by atoms with Gasteiger partial charge in [-0.25, -0.2) is 0 Å². The number of carbonyl (C=O) groups is 3. The summed E-state index contributed by atoms with van der Waals surface area (Å²) in [5.41, 5.74) is 0. The molecule has 0 aromatic heterocycles. The third-order valence-electron chi connectivity index (χ3n) is 8.71. The van der Waals surface area contributed by atoms with Crippen molar-refractivity contribution in [3.05, 3.63) is 0 Å². The van der Waals surface area contributed by atoms with Gasteiger partial charge in [0.15, 0.2) is 0 Å². The first kappa shape index (κ1) is 36.3. The molecule has 0 aromatic rings. The summed E-state index contributed by atoms with van der Waals surface area (Å²) in [6, 6.07) is -0.550. The quantitative estimate of drug-likeness (QED) is 0.271. The molecule has 0 bridgehead atoms. The van der Waals surface area contributed by atoms with Crippen LogP contribution in [0.15, 0.2) is 0 Å². The molecule has 1 aliphatic heterocycles. The number of rotatable bonds is 18. The van der Waals surface area contributed by atoms with Gasteiger partial charge in [-0.15, -0.1) is 0 Å². The van der Waals surface area contributed by atoms with E-state index in [0.29, 0.717) is 12.5 Å². The van der Waals surface area contributed by atoms with Gasteiger partial charge in [0.1, 0.15) is 0 Å². The average Bonchev–Trinajstić information content (AvgIpc) is 3.39. The number of unbranched alkanes of at least 4 members (excludes halogenated alkanes) is 1. The topological polar surface area (TPSA) is 91.4 Å². The van der Waals surface area contributed by atoms with E-state index < -0.39 is 6.10 Å². The fourth-order valence-corrected chi connectivity index (χ4v) is 6.31. The molecule has 0 spiro atoms. The van der Waals surface area contributed by atoms with Gasteiger partial charge in [0.05, 0.1) is 43.3 Å². The lowest BCUT2D eigenvalue weighted by Gasteiger charge is -2.39. The SMILES string of the molecule is CCCCN(C)C(C(=O)NCC(=O)N(C)C(C(C)CC)C(CC(=O)N1CCCC1C(OC)C(C)C)OC)C(C)C. The lowest BCUT2D eigenvalue weighted by molar-refractivity contribution is -0.144. The number of amides is 3. The fraction of sp³-hybridized carbons (Fsp3) is 0.903. The second-order valence-electron chi connectivity index (χ2n) is 12.3. The van der Waals surface area contributed by atoms with Crippen LogP contribution >= 0.6 is 0 Å². The minimum absolute atomic E-state index is 0.0126. The van der Waals surface area contributed by atoms with Crippen LogP contribution < -0.4 is 5.32 Å². The number of carbonyl (C=O) groups excluding carboxylic acids is 3. The molecule has 6 atom stereocenters. The van der Waals surface area contributed by atoms with E-state index in [-0.39, 0.29) is 66.8 Å². The second kappa shape index (κ2) is 18.0. The van der Waals surface area contributed by atoms with Crippen molar-refractivity contribution in [2.24, 2.45) is 17.8 Å². The van der Waals surface area contributed by atoms with Crippen LogP contribution in [0, 0.1) is 17.8 Å². The first-order chi connectivity index (χ1) is 18.9. The van der Waals surface area contributed by atoms with Crippen LogP contribution in [0.25, 0.3) is 0 Å². The molecule has 9 nitrogen and oxygen atoms in total. The summed E-state index contributed by atoms with van der Waals surface area (Å²) in [5, 5.41) is 2.89. The van der Waals surface area contributed by atoms with Gasteiger partial charge in [0.2, 0.25) is 17.7 Å². The van der Waals surface area contributed by atoms with Crippen molar-refractivity contribution in [2.45, 2.75) is 117 Å². The molecule has 1 saturated heterocycles. The number of hydrogen-bond acceptors (Lipinski definition) is 6. The molecule has 234 valence electrons. The van der Waals surface area contributed by atoms with E-state index in [1.807, 2.05) is 25.8 Å². The standard InChI is InChI=1S/C31H60N4O5/c1-12-14-17-33(8)28(21(3)4)31(38)32-20-27(37)34(9)29(23(7)13-2)25(39-10)19-26(36)35-18-15-16-24(35)30(40-11)22(5)6/h21-25,28-30H,12-20H2,1-11H3,(H,32,38). The number of methoxy groups -OCH3 is 2. The van der Waals surface area contributed by atoms with Gasteiger partial charge in [0.25, 0.3) is 0 Å². The Morgan fingerprint density at radius 2 is 1.65 bits per heavy atom. The molecule has 9 heteroatoms. The third-order valence-corrected chi connectivity index (χ3v) is 8.71. The van der Waals surface area contributed by atoms with E-state index in [1.165, 1.54) is 0 Å². The number of ether oxygens (including phenoxy) is 2. The number of hydrogen-bond donors (Lipinski definition) is 1. The zero-order chi connectivity index (χ0) is 30.6. The first-order valence-corrected chi connectivity index (χ1v) is 15.4. The maximum Gasteiger partial charge on any atom is 0.242 e. The van der Waals surface area contributed by atoms with E-state index in [0.717, 1.165) is 38.6 Å². The minimum atomic E-state index is -0.461. The first-order valence-electron chi connectivity index (χ1n) is 15.4. The highest BCUT2D eigenvalue weighted by molar-refractivity contribution is 5.87.